The number of hydrogen-bond donors (Lipinski definition) is 0. The van der Waals surface area contributed by atoms with Crippen molar-refractivity contribution in [2.45, 2.75) is 0 Å². The molecule has 0 aliphatic rings. The van der Waals surface area contributed by atoms with E-state index in [1.807, 2.05) is 0 Å². The van der Waals surface area contributed by atoms with E-state index in [1.54, 1.807) is 0 Å². The van der Waals surface area contributed by atoms with Crippen molar-refractivity contribution in [3.8, 4) is 0 Å². The van der Waals surface area contributed by atoms with Crippen LogP contribution in [0.4, 0.5) is 0 Å². The summed E-state index contributed by atoms with van der Waals surface area (Å²) in [7, 11) is 0. The Labute approximate surface area is 120 Å². The molecule has 11 nitrogen and oxygen atoms in total. The molecule has 0 fully saturated rings. The van der Waals surface area contributed by atoms with E-state index >= 15 is 0 Å². The first-order chi connectivity index (χ1) is 5.44. The third kappa shape index (κ3) is 52.2. The summed E-state index contributed by atoms with van der Waals surface area (Å²) in [6.45, 7) is 0. The van der Waals surface area contributed by atoms with Crippen molar-refractivity contribution in [2.24, 2.45) is 0 Å². The monoisotopic (exact) mass is 353 g/mol. The summed E-state index contributed by atoms with van der Waals surface area (Å²) in [4.78, 5) is 8.25. The summed E-state index contributed by atoms with van der Waals surface area (Å²) in [5, 5.41) is 14.8. The van der Waals surface area contributed by atoms with Gasteiger partial charge in [-0.1, -0.05) is 0 Å². The molecular weight excluding hydrogens is 353 g/mol. The van der Waals surface area contributed by atoms with Gasteiger partial charge in [0.25, 0.3) is 0 Å². The van der Waals surface area contributed by atoms with Gasteiger partial charge in [-0.15, -0.1) is 0 Å². The Morgan fingerprint density at radius 3 is 1.07 bits per heavy atom. The van der Waals surface area contributed by atoms with E-state index in [0.717, 1.165) is 0 Å². The van der Waals surface area contributed by atoms with Crippen LogP contribution in [0.15, 0.2) is 0 Å². The van der Waals surface area contributed by atoms with Crippen molar-refractivity contribution in [1.82, 2.24) is 0 Å². The Bertz CT molecular complexity index is 316. The SMILES string of the molecule is O=[N+]([O-])[O-].[Cr+3].[Na+].[O]=[Cr](=[O])([O-])[O][Cr](=[O])(=[O])[O-]. The topological polar surface area (TPSA) is 190 Å². The molecule has 1 radical (unpaired) electrons. The molecule has 0 heterocycles. The second kappa shape index (κ2) is 10.1. The standard InChI is InChI=1S/3Cr.NO3.Na.7O/c;;;2-1(3)4;;;;;;;;/q;;+3;-1;+1;;;;;;2*-1. The van der Waals surface area contributed by atoms with Gasteiger partial charge in [0.2, 0.25) is 0 Å². The minimum absolute atomic E-state index is 0. The van der Waals surface area contributed by atoms with Crippen molar-refractivity contribution in [3.63, 3.8) is 0 Å². The van der Waals surface area contributed by atoms with E-state index in [4.69, 9.17) is 15.3 Å². The van der Waals surface area contributed by atoms with Gasteiger partial charge in [0.05, 0.1) is 5.09 Å². The van der Waals surface area contributed by atoms with E-state index < -0.39 is 32.3 Å². The molecule has 0 saturated carbocycles. The van der Waals surface area contributed by atoms with E-state index in [1.165, 1.54) is 0 Å². The second-order valence-corrected chi connectivity index (χ2v) is 4.75. The summed E-state index contributed by atoms with van der Waals surface area (Å²) in [6.07, 6.45) is 0. The molecule has 0 aromatic rings. The molecule has 0 N–H and O–H groups in total. The maximum absolute atomic E-state index is 9.38. The van der Waals surface area contributed by atoms with Crippen LogP contribution in [0.5, 0.6) is 0 Å². The van der Waals surface area contributed by atoms with Crippen LogP contribution in [-0.2, 0) is 62.6 Å². The molecule has 0 aliphatic carbocycles. The maximum atomic E-state index is 9.38. The van der Waals surface area contributed by atoms with Gasteiger partial charge in [-0.2, -0.15) is 0 Å². The fourth-order valence-electron chi connectivity index (χ4n) is 0.102. The van der Waals surface area contributed by atoms with Crippen LogP contribution in [0.3, 0.4) is 0 Å². The molecule has 0 bridgehead atoms. The predicted octanol–water partition coefficient (Wildman–Crippen LogP) is -6.16. The molecule has 0 atom stereocenters. The third-order valence-electron chi connectivity index (χ3n) is 0.167. The molecule has 0 saturated heterocycles. The third-order valence-corrected chi connectivity index (χ3v) is 2.83. The molecule has 0 aliphatic heterocycles. The van der Waals surface area contributed by atoms with Crippen LogP contribution in [0.25, 0.3) is 0 Å². The van der Waals surface area contributed by atoms with Crippen LogP contribution < -0.4 is 37.9 Å². The van der Waals surface area contributed by atoms with Gasteiger partial charge in [0.1, 0.15) is 0 Å². The van der Waals surface area contributed by atoms with Crippen LogP contribution in [0.1, 0.15) is 0 Å². The molecule has 83 valence electrons. The molecular formula is Cr3NNaO10+. The molecule has 15 heteroatoms. The zero-order valence-electron chi connectivity index (χ0n) is 6.75. The number of nitrogens with zero attached hydrogens (tertiary/aromatic N) is 1. The average molecular weight is 353 g/mol. The first-order valence-electron chi connectivity index (χ1n) is 1.88. The quantitative estimate of drug-likeness (QED) is 0.262. The van der Waals surface area contributed by atoms with Crippen molar-refractivity contribution < 1.29 is 106 Å². The average Bonchev–Trinajstić information content (AvgIpc) is 1.47. The van der Waals surface area contributed by atoms with E-state index in [2.05, 4.69) is 2.84 Å². The molecule has 0 unspecified atom stereocenters. The summed E-state index contributed by atoms with van der Waals surface area (Å²) in [5.74, 6) is 0. The first kappa shape index (κ1) is 24.9. The van der Waals surface area contributed by atoms with E-state index in [-0.39, 0.29) is 46.9 Å². The predicted molar refractivity (Wildman–Crippen MR) is 14.2 cm³/mol. The van der Waals surface area contributed by atoms with Crippen molar-refractivity contribution in [3.05, 3.63) is 15.3 Å². The van der Waals surface area contributed by atoms with Gasteiger partial charge < -0.3 is 15.3 Å². The van der Waals surface area contributed by atoms with Crippen LogP contribution in [0.2, 0.25) is 0 Å². The fourth-order valence-corrected chi connectivity index (χ4v) is 1.74. The Hall–Kier alpha value is 0.877. The van der Waals surface area contributed by atoms with Crippen LogP contribution in [0, 0.1) is 15.3 Å². The molecule has 0 rings (SSSR count). The number of hydrogen-bond acceptors (Lipinski definition) is 10. The summed E-state index contributed by atoms with van der Waals surface area (Å²) in [6, 6.07) is 0. The zero-order chi connectivity index (χ0) is 11.3. The van der Waals surface area contributed by atoms with E-state index in [9.17, 15) is 23.5 Å². The summed E-state index contributed by atoms with van der Waals surface area (Å²) in [5.41, 5.74) is 0. The fraction of sp³-hybridized carbons (Fsp3) is 0. The molecule has 0 aromatic heterocycles. The first-order valence-corrected chi connectivity index (χ1v) is 6.05. The van der Waals surface area contributed by atoms with Crippen LogP contribution >= 0.6 is 0 Å². The van der Waals surface area contributed by atoms with Gasteiger partial charge in [-0.05, 0) is 0 Å². The van der Waals surface area contributed by atoms with Crippen LogP contribution in [-0.4, -0.2) is 5.09 Å². The van der Waals surface area contributed by atoms with Gasteiger partial charge in [-0.3, -0.25) is 0 Å². The van der Waals surface area contributed by atoms with Crippen molar-refractivity contribution in [1.29, 1.82) is 0 Å². The number of rotatable bonds is 2. The Balaban J connectivity index is -0.0000000883. The Morgan fingerprint density at radius 1 is 0.933 bits per heavy atom. The Kier molecular flexibility index (Phi) is 16.7. The normalized spacial score (nSPS) is 9.73. The summed E-state index contributed by atoms with van der Waals surface area (Å²) >= 11 is -12.1. The van der Waals surface area contributed by atoms with E-state index in [0.29, 0.717) is 0 Å². The molecule has 0 spiro atoms. The van der Waals surface area contributed by atoms with Gasteiger partial charge in [-0.25, -0.2) is 0 Å². The molecule has 15 heavy (non-hydrogen) atoms. The minimum atomic E-state index is -6.07. The zero-order valence-corrected chi connectivity index (χ0v) is 12.6. The Morgan fingerprint density at radius 2 is 1.07 bits per heavy atom. The van der Waals surface area contributed by atoms with Crippen molar-refractivity contribution >= 4 is 0 Å². The van der Waals surface area contributed by atoms with Gasteiger partial charge in [0.15, 0.2) is 0 Å². The molecule has 0 aromatic carbocycles. The van der Waals surface area contributed by atoms with Crippen molar-refractivity contribution in [2.75, 3.05) is 0 Å². The molecule has 0 amide bonds. The second-order valence-electron chi connectivity index (χ2n) is 1.11. The van der Waals surface area contributed by atoms with Gasteiger partial charge in [0, 0.05) is 0 Å². The summed E-state index contributed by atoms with van der Waals surface area (Å²) < 4.78 is 58.9. The van der Waals surface area contributed by atoms with Gasteiger partial charge >= 0.3 is 101 Å².